The molecule has 0 saturated heterocycles. The third kappa shape index (κ3) is 1.52. The van der Waals surface area contributed by atoms with Gasteiger partial charge in [0, 0.05) is 0 Å². The Morgan fingerprint density at radius 1 is 1.00 bits per heavy atom. The van der Waals surface area contributed by atoms with Gasteiger partial charge in [-0.15, -0.1) is 0 Å². The topological polar surface area (TPSA) is 37.4 Å². The normalized spacial score (nSPS) is 16.3. The first-order valence-corrected chi connectivity index (χ1v) is 5.29. The number of imide groups is 1. The van der Waals surface area contributed by atoms with Gasteiger partial charge in [-0.25, -0.2) is 4.90 Å². The van der Waals surface area contributed by atoms with Gasteiger partial charge in [-0.3, -0.25) is 9.59 Å². The largest absolute Gasteiger partial charge is 0.278 e. The molecule has 0 saturated carbocycles. The predicted molar refractivity (Wildman–Crippen MR) is 62.4 cm³/mol. The van der Waals surface area contributed by atoms with Crippen molar-refractivity contribution in [2.24, 2.45) is 0 Å². The fourth-order valence-electron chi connectivity index (χ4n) is 1.51. The molecule has 1 aliphatic rings. The number of carbonyl (C=O) groups is 2. The van der Waals surface area contributed by atoms with Gasteiger partial charge in [0.15, 0.2) is 0 Å². The van der Waals surface area contributed by atoms with Crippen LogP contribution in [0, 0.1) is 6.92 Å². The molecule has 82 valence electrons. The Balaban J connectivity index is 2.51. The number of halogens is 2. The van der Waals surface area contributed by atoms with Crippen LogP contribution in [-0.2, 0) is 9.59 Å². The number of amides is 2. The van der Waals surface area contributed by atoms with Crippen molar-refractivity contribution in [1.29, 1.82) is 0 Å². The first-order chi connectivity index (χ1) is 7.54. The molecule has 1 aromatic rings. The summed E-state index contributed by atoms with van der Waals surface area (Å²) in [6.07, 6.45) is 0. The molecule has 0 fully saturated rings. The fraction of sp³-hybridized carbons (Fsp3) is 0.0909. The lowest BCUT2D eigenvalue weighted by atomic mass is 10.2. The number of nitrogens with zero attached hydrogens (tertiary/aromatic N) is 1. The van der Waals surface area contributed by atoms with Crippen molar-refractivity contribution in [3.05, 3.63) is 39.9 Å². The highest BCUT2D eigenvalue weighted by atomic mass is 35.5. The highest BCUT2D eigenvalue weighted by Gasteiger charge is 2.38. The molecular formula is C11H7Cl2NO2. The first-order valence-electron chi connectivity index (χ1n) is 4.53. The molecule has 0 spiro atoms. The quantitative estimate of drug-likeness (QED) is 0.724. The zero-order valence-corrected chi connectivity index (χ0v) is 9.84. The van der Waals surface area contributed by atoms with E-state index in [1.165, 1.54) is 0 Å². The maximum Gasteiger partial charge on any atom is 0.278 e. The molecule has 0 unspecified atom stereocenters. The van der Waals surface area contributed by atoms with Crippen LogP contribution in [0.4, 0.5) is 5.69 Å². The number of rotatable bonds is 1. The van der Waals surface area contributed by atoms with Gasteiger partial charge in [-0.1, -0.05) is 41.4 Å². The van der Waals surface area contributed by atoms with E-state index in [0.717, 1.165) is 10.5 Å². The summed E-state index contributed by atoms with van der Waals surface area (Å²) >= 11 is 11.3. The predicted octanol–water partition coefficient (Wildman–Crippen LogP) is 2.56. The van der Waals surface area contributed by atoms with Crippen molar-refractivity contribution >= 4 is 40.7 Å². The van der Waals surface area contributed by atoms with Crippen molar-refractivity contribution in [3.8, 4) is 0 Å². The fourth-order valence-corrected chi connectivity index (χ4v) is 1.84. The van der Waals surface area contributed by atoms with Crippen molar-refractivity contribution in [3.63, 3.8) is 0 Å². The minimum absolute atomic E-state index is 0.227. The number of hydrogen-bond donors (Lipinski definition) is 0. The van der Waals surface area contributed by atoms with Crippen LogP contribution >= 0.6 is 23.2 Å². The van der Waals surface area contributed by atoms with Gasteiger partial charge in [0.25, 0.3) is 11.8 Å². The average molecular weight is 256 g/mol. The Kier molecular flexibility index (Phi) is 2.74. The monoisotopic (exact) mass is 255 g/mol. The van der Waals surface area contributed by atoms with Crippen LogP contribution in [0.2, 0.25) is 0 Å². The van der Waals surface area contributed by atoms with Crippen LogP contribution in [-0.4, -0.2) is 11.8 Å². The molecule has 1 heterocycles. The lowest BCUT2D eigenvalue weighted by molar-refractivity contribution is -0.120. The minimum atomic E-state index is -0.578. The molecule has 0 radical (unpaired) electrons. The van der Waals surface area contributed by atoms with Crippen molar-refractivity contribution in [1.82, 2.24) is 0 Å². The Morgan fingerprint density at radius 2 is 1.50 bits per heavy atom. The summed E-state index contributed by atoms with van der Waals surface area (Å²) in [5.41, 5.74) is 1.31. The Bertz CT molecular complexity index is 498. The molecular weight excluding hydrogens is 249 g/mol. The summed E-state index contributed by atoms with van der Waals surface area (Å²) in [7, 11) is 0. The van der Waals surface area contributed by atoms with Crippen LogP contribution in [0.3, 0.4) is 0 Å². The highest BCUT2D eigenvalue weighted by Crippen LogP contribution is 2.32. The van der Waals surface area contributed by atoms with Gasteiger partial charge in [-0.05, 0) is 18.6 Å². The van der Waals surface area contributed by atoms with Gasteiger partial charge in [-0.2, -0.15) is 0 Å². The van der Waals surface area contributed by atoms with Crippen LogP contribution < -0.4 is 4.90 Å². The molecule has 2 amide bonds. The number of anilines is 1. The van der Waals surface area contributed by atoms with Gasteiger partial charge in [0.1, 0.15) is 10.1 Å². The summed E-state index contributed by atoms with van der Waals surface area (Å²) in [6, 6.07) is 7.03. The second-order valence-electron chi connectivity index (χ2n) is 3.36. The number of benzene rings is 1. The maximum absolute atomic E-state index is 11.7. The van der Waals surface area contributed by atoms with Gasteiger partial charge >= 0.3 is 0 Å². The third-order valence-electron chi connectivity index (χ3n) is 2.33. The lowest BCUT2D eigenvalue weighted by Gasteiger charge is -2.16. The Labute approximate surface area is 102 Å². The van der Waals surface area contributed by atoms with E-state index >= 15 is 0 Å². The zero-order valence-electron chi connectivity index (χ0n) is 8.33. The highest BCUT2D eigenvalue weighted by molar-refractivity contribution is 6.62. The van der Waals surface area contributed by atoms with E-state index in [4.69, 9.17) is 23.2 Å². The van der Waals surface area contributed by atoms with Crippen LogP contribution in [0.25, 0.3) is 0 Å². The van der Waals surface area contributed by atoms with Gasteiger partial charge in [0.05, 0.1) is 5.69 Å². The first kappa shape index (κ1) is 11.2. The standard InChI is InChI=1S/C11H7Cl2NO2/c1-6-4-2-3-5-7(6)14-10(15)8(12)9(13)11(14)16/h2-5H,1H3. The molecule has 16 heavy (non-hydrogen) atoms. The minimum Gasteiger partial charge on any atom is -0.267 e. The summed E-state index contributed by atoms with van der Waals surface area (Å²) < 4.78 is 0. The van der Waals surface area contributed by atoms with E-state index in [9.17, 15) is 9.59 Å². The molecule has 0 bridgehead atoms. The van der Waals surface area contributed by atoms with Crippen molar-refractivity contribution < 1.29 is 9.59 Å². The Hall–Kier alpha value is -1.32. The van der Waals surface area contributed by atoms with Crippen molar-refractivity contribution in [2.75, 3.05) is 4.90 Å². The van der Waals surface area contributed by atoms with E-state index < -0.39 is 11.8 Å². The molecule has 3 nitrogen and oxygen atoms in total. The summed E-state index contributed by atoms with van der Waals surface area (Å²) in [5, 5.41) is -0.454. The molecule has 1 aromatic carbocycles. The second kappa shape index (κ2) is 3.92. The third-order valence-corrected chi connectivity index (χ3v) is 3.13. The van der Waals surface area contributed by atoms with E-state index in [1.54, 1.807) is 25.1 Å². The summed E-state index contributed by atoms with van der Waals surface area (Å²) in [5.74, 6) is -1.16. The Morgan fingerprint density at radius 3 is 2.00 bits per heavy atom. The second-order valence-corrected chi connectivity index (χ2v) is 4.12. The lowest BCUT2D eigenvalue weighted by Crippen LogP contribution is -2.31. The maximum atomic E-state index is 11.7. The zero-order chi connectivity index (χ0) is 11.9. The smallest absolute Gasteiger partial charge is 0.267 e. The molecule has 0 aliphatic carbocycles. The molecule has 2 rings (SSSR count). The van der Waals surface area contributed by atoms with Gasteiger partial charge in [0.2, 0.25) is 0 Å². The number of hydrogen-bond acceptors (Lipinski definition) is 2. The van der Waals surface area contributed by atoms with Crippen LogP contribution in [0.15, 0.2) is 34.3 Å². The van der Waals surface area contributed by atoms with E-state index in [2.05, 4.69) is 0 Å². The molecule has 5 heteroatoms. The molecule has 0 aromatic heterocycles. The number of para-hydroxylation sites is 1. The van der Waals surface area contributed by atoms with Crippen LogP contribution in [0.1, 0.15) is 5.56 Å². The van der Waals surface area contributed by atoms with E-state index in [0.29, 0.717) is 5.69 Å². The van der Waals surface area contributed by atoms with Crippen LogP contribution in [0.5, 0.6) is 0 Å². The van der Waals surface area contributed by atoms with Gasteiger partial charge < -0.3 is 0 Å². The average Bonchev–Trinajstić information content (AvgIpc) is 2.45. The summed E-state index contributed by atoms with van der Waals surface area (Å²) in [4.78, 5) is 24.4. The molecule has 0 N–H and O–H groups in total. The molecule has 0 atom stereocenters. The van der Waals surface area contributed by atoms with E-state index in [1.807, 2.05) is 6.07 Å². The molecule has 1 aliphatic heterocycles. The SMILES string of the molecule is Cc1ccccc1N1C(=O)C(Cl)=C(Cl)C1=O. The van der Waals surface area contributed by atoms with E-state index in [-0.39, 0.29) is 10.1 Å². The number of carbonyl (C=O) groups excluding carboxylic acids is 2. The number of aryl methyl sites for hydroxylation is 1. The summed E-state index contributed by atoms with van der Waals surface area (Å²) in [6.45, 7) is 1.80. The van der Waals surface area contributed by atoms with Crippen molar-refractivity contribution in [2.45, 2.75) is 6.92 Å².